The van der Waals surface area contributed by atoms with Gasteiger partial charge in [0.2, 0.25) is 0 Å². The van der Waals surface area contributed by atoms with E-state index in [-0.39, 0.29) is 50.7 Å². The van der Waals surface area contributed by atoms with E-state index in [1.165, 1.54) is 12.2 Å². The zero-order valence-electron chi connectivity index (χ0n) is 26.4. The lowest BCUT2D eigenvalue weighted by Gasteiger charge is -2.23. The fraction of sp³-hybridized carbons (Fsp3) is 0.406. The third kappa shape index (κ3) is 18.9. The van der Waals surface area contributed by atoms with E-state index in [0.29, 0.717) is 42.7 Å². The SMILES string of the molecule is Cc1ccc(CCl)cn1.NCCF.O=C1C=C(CCCF)CO1.O=C1C=C(N(CCF)Cc2ccc(Cl)nc2)CO1.O=C1C=C(O)CO1. The number of aliphatic hydroxyl groups excluding tert-OH is 1. The second-order valence-corrected chi connectivity index (χ2v) is 10.4. The first kappa shape index (κ1) is 41.9. The molecule has 0 fully saturated rings. The molecule has 0 aromatic carbocycles. The average Bonchev–Trinajstić information content (AvgIpc) is 3.82. The minimum Gasteiger partial charge on any atom is -0.508 e. The molecule has 0 radical (unpaired) electrons. The van der Waals surface area contributed by atoms with Crippen LogP contribution < -0.4 is 5.73 Å². The Morgan fingerprint density at radius 2 is 1.48 bits per heavy atom. The Labute approximate surface area is 287 Å². The smallest absolute Gasteiger partial charge is 0.334 e. The zero-order valence-corrected chi connectivity index (χ0v) is 27.9. The number of esters is 3. The van der Waals surface area contributed by atoms with E-state index >= 15 is 0 Å². The van der Waals surface area contributed by atoms with E-state index in [0.717, 1.165) is 28.5 Å². The number of aryl methyl sites for hydroxylation is 1. The van der Waals surface area contributed by atoms with Crippen LogP contribution in [-0.2, 0) is 41.0 Å². The molecule has 5 heterocycles. The third-order valence-electron chi connectivity index (χ3n) is 5.81. The number of ether oxygens (including phenoxy) is 3. The van der Waals surface area contributed by atoms with Crippen molar-refractivity contribution in [3.8, 4) is 0 Å². The summed E-state index contributed by atoms with van der Waals surface area (Å²) in [5.41, 5.74) is 9.24. The lowest BCUT2D eigenvalue weighted by molar-refractivity contribution is -0.136. The molecule has 0 saturated carbocycles. The number of carbonyl (C=O) groups is 3. The molecule has 2 aromatic heterocycles. The third-order valence-corrected chi connectivity index (χ3v) is 6.34. The van der Waals surface area contributed by atoms with Gasteiger partial charge in [0.05, 0.1) is 18.4 Å². The van der Waals surface area contributed by atoms with E-state index in [9.17, 15) is 27.6 Å². The molecule has 264 valence electrons. The number of pyridine rings is 2. The van der Waals surface area contributed by atoms with Gasteiger partial charge in [0.25, 0.3) is 0 Å². The molecule has 0 unspecified atom stereocenters. The van der Waals surface area contributed by atoms with Gasteiger partial charge in [0.15, 0.2) is 0 Å². The van der Waals surface area contributed by atoms with Gasteiger partial charge in [-0.15, -0.1) is 11.6 Å². The first-order valence-corrected chi connectivity index (χ1v) is 15.5. The average molecular weight is 720 g/mol. The molecule has 3 aliphatic heterocycles. The summed E-state index contributed by atoms with van der Waals surface area (Å²) in [6.45, 7) is 2.16. The van der Waals surface area contributed by atoms with Gasteiger partial charge in [0.1, 0.15) is 44.1 Å². The van der Waals surface area contributed by atoms with Gasteiger partial charge >= 0.3 is 17.9 Å². The highest BCUT2D eigenvalue weighted by molar-refractivity contribution is 6.29. The van der Waals surface area contributed by atoms with Crippen molar-refractivity contribution in [2.75, 3.05) is 52.9 Å². The van der Waals surface area contributed by atoms with Crippen molar-refractivity contribution < 1.29 is 46.9 Å². The normalized spacial score (nSPS) is 14.1. The van der Waals surface area contributed by atoms with Crippen molar-refractivity contribution >= 4 is 41.1 Å². The maximum Gasteiger partial charge on any atom is 0.334 e. The predicted molar refractivity (Wildman–Crippen MR) is 174 cm³/mol. The fourth-order valence-corrected chi connectivity index (χ4v) is 3.76. The number of nitrogens with two attached hydrogens (primary N) is 1. The van der Waals surface area contributed by atoms with Crippen LogP contribution in [0.25, 0.3) is 0 Å². The van der Waals surface area contributed by atoms with Crippen LogP contribution in [0.2, 0.25) is 5.15 Å². The van der Waals surface area contributed by atoms with Crippen LogP contribution >= 0.6 is 23.2 Å². The molecule has 2 aromatic rings. The summed E-state index contributed by atoms with van der Waals surface area (Å²) in [6, 6.07) is 7.43. The number of alkyl halides is 4. The second-order valence-electron chi connectivity index (χ2n) is 9.71. The van der Waals surface area contributed by atoms with Crippen LogP contribution in [0, 0.1) is 6.92 Å². The number of rotatable bonds is 10. The summed E-state index contributed by atoms with van der Waals surface area (Å²) >= 11 is 11.2. The molecule has 48 heavy (non-hydrogen) atoms. The van der Waals surface area contributed by atoms with Crippen LogP contribution in [-0.4, -0.2) is 90.8 Å². The van der Waals surface area contributed by atoms with Gasteiger partial charge < -0.3 is 30.0 Å². The molecular weight excluding hydrogens is 680 g/mol. The standard InChI is InChI=1S/C12H12ClFN2O2.C7H8ClN.C7H9FO2.C4H4O3.C2H6FN/c13-11-2-1-9(6-15-11)7-16(4-3-14)10-5-12(17)18-8-10;1-6-2-3-7(4-8)5-9-6;8-3-1-2-6-4-7(9)10-5-6;5-3-1-4(6)7-2-3;3-1-2-4/h1-2,5-6H,3-4,7-8H2;2-3,5H,4H2,1H3;4H,1-3,5H2;1,5H,2H2;1-2,4H2. The minimum atomic E-state index is -0.494. The maximum absolute atomic E-state index is 12.5. The number of aromatic nitrogens is 2. The molecule has 0 saturated heterocycles. The molecule has 3 N–H and O–H groups in total. The Bertz CT molecular complexity index is 1360. The van der Waals surface area contributed by atoms with Crippen molar-refractivity contribution in [3.05, 3.63) is 93.9 Å². The highest BCUT2D eigenvalue weighted by atomic mass is 35.5. The number of hydrogen-bond acceptors (Lipinski definition) is 11. The van der Waals surface area contributed by atoms with Crippen molar-refractivity contribution in [1.82, 2.24) is 14.9 Å². The molecule has 0 amide bonds. The molecule has 0 bridgehead atoms. The number of hydrogen-bond donors (Lipinski definition) is 2. The van der Waals surface area contributed by atoms with Crippen LogP contribution in [0.4, 0.5) is 13.2 Å². The second kappa shape index (κ2) is 25.0. The van der Waals surface area contributed by atoms with Gasteiger partial charge in [-0.1, -0.05) is 23.7 Å². The fourth-order valence-electron chi connectivity index (χ4n) is 3.49. The summed E-state index contributed by atoms with van der Waals surface area (Å²) in [4.78, 5) is 41.2. The first-order valence-electron chi connectivity index (χ1n) is 14.6. The first-order chi connectivity index (χ1) is 23.0. The van der Waals surface area contributed by atoms with Gasteiger partial charge in [-0.05, 0) is 48.6 Å². The molecule has 11 nitrogen and oxygen atoms in total. The lowest BCUT2D eigenvalue weighted by Crippen LogP contribution is -2.25. The number of halogens is 5. The molecule has 0 spiro atoms. The van der Waals surface area contributed by atoms with Gasteiger partial charge in [-0.2, -0.15) is 0 Å². The summed E-state index contributed by atoms with van der Waals surface area (Å²) in [5, 5.41) is 8.83. The quantitative estimate of drug-likeness (QED) is 0.144. The van der Waals surface area contributed by atoms with Crippen LogP contribution in [0.5, 0.6) is 0 Å². The van der Waals surface area contributed by atoms with Crippen molar-refractivity contribution in [2.24, 2.45) is 5.73 Å². The van der Waals surface area contributed by atoms with Gasteiger partial charge in [-0.3, -0.25) is 9.37 Å². The number of carbonyl (C=O) groups excluding carboxylic acids is 3. The zero-order chi connectivity index (χ0) is 35.7. The maximum atomic E-state index is 12.5. The number of cyclic esters (lactones) is 3. The van der Waals surface area contributed by atoms with Crippen molar-refractivity contribution in [3.63, 3.8) is 0 Å². The Kier molecular flexibility index (Phi) is 21.8. The topological polar surface area (TPSA) is 154 Å². The van der Waals surface area contributed by atoms with E-state index in [1.54, 1.807) is 23.4 Å². The summed E-state index contributed by atoms with van der Waals surface area (Å²) in [7, 11) is 0. The number of nitrogens with zero attached hydrogens (tertiary/aromatic N) is 3. The molecule has 0 aliphatic carbocycles. The highest BCUT2D eigenvalue weighted by Crippen LogP contribution is 2.16. The summed E-state index contributed by atoms with van der Waals surface area (Å²) in [5.74, 6) is -0.591. The van der Waals surface area contributed by atoms with E-state index in [2.05, 4.69) is 25.2 Å². The Balaban J connectivity index is 0.000000328. The summed E-state index contributed by atoms with van der Waals surface area (Å²) in [6.07, 6.45) is 8.44. The van der Waals surface area contributed by atoms with E-state index in [1.807, 2.05) is 25.1 Å². The molecule has 16 heteroatoms. The van der Waals surface area contributed by atoms with Crippen molar-refractivity contribution in [2.45, 2.75) is 32.2 Å². The largest absolute Gasteiger partial charge is 0.508 e. The Morgan fingerprint density at radius 3 is 1.90 bits per heavy atom. The van der Waals surface area contributed by atoms with E-state index < -0.39 is 19.3 Å². The highest BCUT2D eigenvalue weighted by Gasteiger charge is 2.19. The van der Waals surface area contributed by atoms with Crippen LogP contribution in [0.3, 0.4) is 0 Å². The number of aliphatic hydroxyl groups is 1. The van der Waals surface area contributed by atoms with Crippen LogP contribution in [0.15, 0.2) is 71.9 Å². The predicted octanol–water partition coefficient (Wildman–Crippen LogP) is 5.20. The monoisotopic (exact) mass is 718 g/mol. The van der Waals surface area contributed by atoms with E-state index in [4.69, 9.17) is 33.0 Å². The Morgan fingerprint density at radius 1 is 0.854 bits per heavy atom. The molecule has 5 rings (SSSR count). The molecule has 3 aliphatic rings. The Hall–Kier alpha value is -4.14. The van der Waals surface area contributed by atoms with Gasteiger partial charge in [0, 0.05) is 55.8 Å². The molecular formula is C32H39Cl2F3N4O7. The minimum absolute atomic E-state index is 0.00463. The molecule has 0 atom stereocenters. The van der Waals surface area contributed by atoms with Crippen molar-refractivity contribution in [1.29, 1.82) is 0 Å². The lowest BCUT2D eigenvalue weighted by atomic mass is 10.2. The van der Waals surface area contributed by atoms with Gasteiger partial charge in [-0.25, -0.2) is 28.1 Å². The summed E-state index contributed by atoms with van der Waals surface area (Å²) < 4.78 is 48.4. The van der Waals surface area contributed by atoms with Crippen LogP contribution in [0.1, 0.15) is 29.7 Å².